The van der Waals surface area contributed by atoms with E-state index in [-0.39, 0.29) is 0 Å². The Labute approximate surface area is 122 Å². The number of nitrogens with one attached hydrogen (secondary N) is 1. The maximum Gasteiger partial charge on any atom is 0.129 e. The summed E-state index contributed by atoms with van der Waals surface area (Å²) in [5, 5.41) is 3.37. The summed E-state index contributed by atoms with van der Waals surface area (Å²) in [6.07, 6.45) is 7.05. The van der Waals surface area contributed by atoms with E-state index in [2.05, 4.69) is 23.2 Å². The Bertz CT molecular complexity index is 359. The van der Waals surface area contributed by atoms with Crippen molar-refractivity contribution in [2.24, 2.45) is 0 Å². The van der Waals surface area contributed by atoms with E-state index in [0.717, 1.165) is 38.4 Å². The molecule has 1 saturated heterocycles. The third-order valence-corrected chi connectivity index (χ3v) is 3.71. The van der Waals surface area contributed by atoms with Crippen LogP contribution in [0.2, 0.25) is 0 Å². The molecule has 2 rings (SSSR count). The number of hydrogen-bond acceptors (Lipinski definition) is 4. The zero-order valence-corrected chi connectivity index (χ0v) is 12.7. The summed E-state index contributed by atoms with van der Waals surface area (Å²) in [4.78, 5) is 2.49. The number of ether oxygens (including phenoxy) is 1. The van der Waals surface area contributed by atoms with Gasteiger partial charge in [-0.1, -0.05) is 13.3 Å². The molecular weight excluding hydrogens is 252 g/mol. The Morgan fingerprint density at radius 3 is 2.95 bits per heavy atom. The van der Waals surface area contributed by atoms with Crippen molar-refractivity contribution in [2.75, 3.05) is 32.8 Å². The van der Waals surface area contributed by atoms with Gasteiger partial charge in [-0.3, -0.25) is 0 Å². The van der Waals surface area contributed by atoms with Gasteiger partial charge in [-0.25, -0.2) is 0 Å². The molecule has 0 radical (unpaired) electrons. The average molecular weight is 280 g/mol. The zero-order valence-electron chi connectivity index (χ0n) is 12.7. The van der Waals surface area contributed by atoms with Crippen LogP contribution in [0, 0.1) is 0 Å². The fraction of sp³-hybridized carbons (Fsp3) is 0.750. The van der Waals surface area contributed by atoms with E-state index < -0.39 is 0 Å². The van der Waals surface area contributed by atoms with Crippen LogP contribution in [0.25, 0.3) is 0 Å². The monoisotopic (exact) mass is 280 g/mol. The maximum atomic E-state index is 5.71. The fourth-order valence-corrected chi connectivity index (χ4v) is 2.55. The van der Waals surface area contributed by atoms with E-state index in [1.165, 1.54) is 37.9 Å². The van der Waals surface area contributed by atoms with Crippen molar-refractivity contribution < 1.29 is 9.15 Å². The summed E-state index contributed by atoms with van der Waals surface area (Å²) < 4.78 is 11.2. The highest BCUT2D eigenvalue weighted by Crippen LogP contribution is 2.10. The summed E-state index contributed by atoms with van der Waals surface area (Å²) in [7, 11) is 0. The summed E-state index contributed by atoms with van der Waals surface area (Å²) in [5.74, 6) is 0.928. The van der Waals surface area contributed by atoms with Crippen molar-refractivity contribution in [1.82, 2.24) is 10.2 Å². The van der Waals surface area contributed by atoms with Crippen LogP contribution in [-0.2, 0) is 17.9 Å². The molecule has 0 amide bonds. The average Bonchev–Trinajstić information content (AvgIpc) is 2.93. The molecule has 0 saturated carbocycles. The predicted molar refractivity (Wildman–Crippen MR) is 80.7 cm³/mol. The molecule has 4 heteroatoms. The van der Waals surface area contributed by atoms with E-state index >= 15 is 0 Å². The topological polar surface area (TPSA) is 37.6 Å². The summed E-state index contributed by atoms with van der Waals surface area (Å²) >= 11 is 0. The van der Waals surface area contributed by atoms with Crippen LogP contribution < -0.4 is 5.32 Å². The van der Waals surface area contributed by atoms with Gasteiger partial charge < -0.3 is 19.4 Å². The maximum absolute atomic E-state index is 5.71. The molecule has 1 aromatic rings. The Kier molecular flexibility index (Phi) is 7.12. The molecule has 1 aromatic heterocycles. The lowest BCUT2D eigenvalue weighted by Crippen LogP contribution is -2.32. The van der Waals surface area contributed by atoms with Crippen molar-refractivity contribution in [3.63, 3.8) is 0 Å². The zero-order chi connectivity index (χ0) is 14.0. The molecule has 114 valence electrons. The lowest BCUT2D eigenvalue weighted by Gasteiger charge is -2.25. The second-order valence-electron chi connectivity index (χ2n) is 5.55. The molecular formula is C16H28N2O2. The first-order valence-electron chi connectivity index (χ1n) is 7.95. The largest absolute Gasteiger partial charge is 0.467 e. The van der Waals surface area contributed by atoms with Gasteiger partial charge in [0.05, 0.1) is 12.9 Å². The first-order valence-corrected chi connectivity index (χ1v) is 7.95. The summed E-state index contributed by atoms with van der Waals surface area (Å²) in [6.45, 7) is 8.99. The summed E-state index contributed by atoms with van der Waals surface area (Å²) in [6, 6.07) is 2.09. The number of rotatable bonds is 9. The van der Waals surface area contributed by atoms with Gasteiger partial charge in [0.25, 0.3) is 0 Å². The number of furan rings is 1. The van der Waals surface area contributed by atoms with Crippen LogP contribution in [-0.4, -0.2) is 37.7 Å². The van der Waals surface area contributed by atoms with E-state index in [1.807, 2.05) is 6.26 Å². The smallest absolute Gasteiger partial charge is 0.129 e. The molecule has 1 aliphatic heterocycles. The lowest BCUT2D eigenvalue weighted by molar-refractivity contribution is 0.0765. The molecule has 0 atom stereocenters. The molecule has 4 nitrogen and oxygen atoms in total. The molecule has 20 heavy (non-hydrogen) atoms. The fourth-order valence-electron chi connectivity index (χ4n) is 2.55. The summed E-state index contributed by atoms with van der Waals surface area (Å²) in [5.41, 5.74) is 1.20. The minimum Gasteiger partial charge on any atom is -0.467 e. The molecule has 0 spiro atoms. The molecule has 1 N–H and O–H groups in total. The van der Waals surface area contributed by atoms with Crippen molar-refractivity contribution in [2.45, 2.75) is 45.8 Å². The number of nitrogens with zero attached hydrogens (tertiary/aromatic N) is 1. The van der Waals surface area contributed by atoms with Gasteiger partial charge in [-0.05, 0) is 45.0 Å². The van der Waals surface area contributed by atoms with E-state index in [1.54, 1.807) is 0 Å². The van der Waals surface area contributed by atoms with E-state index in [4.69, 9.17) is 9.15 Å². The van der Waals surface area contributed by atoms with Crippen LogP contribution in [0.4, 0.5) is 0 Å². The predicted octanol–water partition coefficient (Wildman–Crippen LogP) is 2.78. The molecule has 0 aliphatic carbocycles. The number of piperidine rings is 1. The number of likely N-dealkylation sites (tertiary alicyclic amines) is 1. The van der Waals surface area contributed by atoms with Crippen LogP contribution in [0.15, 0.2) is 16.7 Å². The first-order chi connectivity index (χ1) is 9.88. The number of hydrogen-bond donors (Lipinski definition) is 1. The van der Waals surface area contributed by atoms with Crippen LogP contribution >= 0.6 is 0 Å². The van der Waals surface area contributed by atoms with Crippen LogP contribution in [0.3, 0.4) is 0 Å². The Morgan fingerprint density at radius 1 is 1.30 bits per heavy atom. The van der Waals surface area contributed by atoms with Crippen LogP contribution in [0.1, 0.15) is 43.9 Å². The van der Waals surface area contributed by atoms with Gasteiger partial charge in [0.15, 0.2) is 0 Å². The third-order valence-electron chi connectivity index (χ3n) is 3.71. The van der Waals surface area contributed by atoms with E-state index in [0.29, 0.717) is 6.61 Å². The van der Waals surface area contributed by atoms with Gasteiger partial charge in [-0.15, -0.1) is 0 Å². The standard InChI is InChI=1S/C16H28N2O2/c1-2-6-17-12-15-11-16(20-13-15)14-19-10-9-18-7-4-3-5-8-18/h11,13,17H,2-10,12,14H2,1H3. The molecule has 1 aliphatic rings. The molecule has 0 aromatic carbocycles. The normalized spacial score (nSPS) is 16.6. The van der Waals surface area contributed by atoms with Crippen molar-refractivity contribution in [3.05, 3.63) is 23.7 Å². The highest BCUT2D eigenvalue weighted by Gasteiger charge is 2.09. The van der Waals surface area contributed by atoms with E-state index in [9.17, 15) is 0 Å². The highest BCUT2D eigenvalue weighted by molar-refractivity contribution is 5.11. The Morgan fingerprint density at radius 2 is 2.15 bits per heavy atom. The second-order valence-corrected chi connectivity index (χ2v) is 5.55. The van der Waals surface area contributed by atoms with Crippen LogP contribution in [0.5, 0.6) is 0 Å². The quantitative estimate of drug-likeness (QED) is 0.706. The molecule has 0 unspecified atom stereocenters. The first kappa shape index (κ1) is 15.5. The van der Waals surface area contributed by atoms with Gasteiger partial charge in [-0.2, -0.15) is 0 Å². The van der Waals surface area contributed by atoms with Crippen molar-refractivity contribution in [3.8, 4) is 0 Å². The minimum absolute atomic E-state index is 0.585. The Balaban J connectivity index is 1.56. The lowest BCUT2D eigenvalue weighted by atomic mass is 10.1. The van der Waals surface area contributed by atoms with Crippen molar-refractivity contribution in [1.29, 1.82) is 0 Å². The molecule has 2 heterocycles. The molecule has 0 bridgehead atoms. The third kappa shape index (κ3) is 5.65. The molecule has 1 fully saturated rings. The second kappa shape index (κ2) is 9.16. The SMILES string of the molecule is CCCNCc1coc(COCCN2CCCCC2)c1. The van der Waals surface area contributed by atoms with Gasteiger partial charge >= 0.3 is 0 Å². The Hall–Kier alpha value is -0.840. The minimum atomic E-state index is 0.585. The van der Waals surface area contributed by atoms with Crippen molar-refractivity contribution >= 4 is 0 Å². The highest BCUT2D eigenvalue weighted by atomic mass is 16.5. The van der Waals surface area contributed by atoms with Gasteiger partial charge in [0.1, 0.15) is 12.4 Å². The van der Waals surface area contributed by atoms with Gasteiger partial charge in [0.2, 0.25) is 0 Å². The van der Waals surface area contributed by atoms with Gasteiger partial charge in [0, 0.05) is 18.7 Å².